The van der Waals surface area contributed by atoms with Crippen LogP contribution in [-0.2, 0) is 11.2 Å². The van der Waals surface area contributed by atoms with Crippen LogP contribution >= 0.6 is 11.5 Å². The van der Waals surface area contributed by atoms with Crippen LogP contribution in [0, 0.1) is 0 Å². The molecule has 2 aromatic heterocycles. The summed E-state index contributed by atoms with van der Waals surface area (Å²) in [6.45, 7) is 5.17. The minimum absolute atomic E-state index is 0.182. The number of morpholine rings is 1. The Morgan fingerprint density at radius 3 is 2.70 bits per heavy atom. The van der Waals surface area contributed by atoms with E-state index in [1.54, 1.807) is 6.20 Å². The Hall–Kier alpha value is -3.11. The van der Waals surface area contributed by atoms with E-state index in [0.717, 1.165) is 67.7 Å². The molecule has 1 amide bonds. The lowest BCUT2D eigenvalue weighted by Crippen LogP contribution is -2.36. The fourth-order valence-corrected chi connectivity index (χ4v) is 3.77. The van der Waals surface area contributed by atoms with Crippen LogP contribution in [0.1, 0.15) is 28.7 Å². The normalized spacial score (nSPS) is 13.8. The molecule has 1 aliphatic heterocycles. The van der Waals surface area contributed by atoms with Crippen molar-refractivity contribution >= 4 is 40.3 Å². The second-order valence-electron chi connectivity index (χ2n) is 6.85. The summed E-state index contributed by atoms with van der Waals surface area (Å²) in [5.41, 5.74) is 3.32. The summed E-state index contributed by atoms with van der Waals surface area (Å²) >= 11 is 1.12. The molecule has 3 heterocycles. The van der Waals surface area contributed by atoms with Gasteiger partial charge in [0.1, 0.15) is 4.88 Å². The van der Waals surface area contributed by atoms with E-state index in [0.29, 0.717) is 16.4 Å². The van der Waals surface area contributed by atoms with Gasteiger partial charge in [0.05, 0.1) is 30.8 Å². The van der Waals surface area contributed by atoms with Gasteiger partial charge in [-0.25, -0.2) is 0 Å². The van der Waals surface area contributed by atoms with Crippen LogP contribution in [0.2, 0.25) is 0 Å². The molecule has 0 saturated carbocycles. The maximum atomic E-state index is 12.5. The van der Waals surface area contributed by atoms with Crippen molar-refractivity contribution in [2.45, 2.75) is 19.8 Å². The molecule has 9 nitrogen and oxygen atoms in total. The standard InChI is InChI=1S/C20H23N7O2S/c1-2-3-17-19(30-26-24-17)20(28)23-15-6-4-14(5-7-15)22-18-12-16(13-21-25-18)27-8-10-29-11-9-27/h4-7,12-13H,2-3,8-11H2,1H3,(H,22,25)(H,23,28). The molecule has 0 aliphatic carbocycles. The first-order valence-corrected chi connectivity index (χ1v) is 10.7. The smallest absolute Gasteiger partial charge is 0.269 e. The molecule has 4 rings (SSSR count). The van der Waals surface area contributed by atoms with E-state index in [-0.39, 0.29) is 5.91 Å². The van der Waals surface area contributed by atoms with Crippen LogP contribution in [0.3, 0.4) is 0 Å². The number of benzene rings is 1. The lowest BCUT2D eigenvalue weighted by Gasteiger charge is -2.28. The predicted molar refractivity (Wildman–Crippen MR) is 117 cm³/mol. The van der Waals surface area contributed by atoms with Gasteiger partial charge in [-0.05, 0) is 42.2 Å². The molecule has 156 valence electrons. The molecule has 10 heteroatoms. The highest BCUT2D eigenvalue weighted by atomic mass is 32.1. The number of rotatable bonds is 7. The van der Waals surface area contributed by atoms with Crippen LogP contribution in [0.15, 0.2) is 36.5 Å². The summed E-state index contributed by atoms with van der Waals surface area (Å²) in [4.78, 5) is 15.3. The van der Waals surface area contributed by atoms with Crippen molar-refractivity contribution in [1.82, 2.24) is 19.8 Å². The van der Waals surface area contributed by atoms with E-state index in [9.17, 15) is 4.79 Å². The molecule has 1 aromatic carbocycles. The van der Waals surface area contributed by atoms with Gasteiger partial charge in [0.2, 0.25) is 0 Å². The van der Waals surface area contributed by atoms with Gasteiger partial charge in [0, 0.05) is 30.5 Å². The molecular formula is C20H23N7O2S. The minimum Gasteiger partial charge on any atom is -0.378 e. The lowest BCUT2D eigenvalue weighted by atomic mass is 10.2. The molecule has 0 bridgehead atoms. The Morgan fingerprint density at radius 1 is 1.17 bits per heavy atom. The van der Waals surface area contributed by atoms with Crippen molar-refractivity contribution in [3.63, 3.8) is 0 Å². The Kier molecular flexibility index (Phi) is 6.45. The molecular weight excluding hydrogens is 402 g/mol. The first-order chi connectivity index (χ1) is 14.7. The second-order valence-corrected chi connectivity index (χ2v) is 7.61. The zero-order valence-corrected chi connectivity index (χ0v) is 17.5. The number of carbonyl (C=O) groups excluding carboxylic acids is 1. The quantitative estimate of drug-likeness (QED) is 0.595. The summed E-state index contributed by atoms with van der Waals surface area (Å²) in [6.07, 6.45) is 3.42. The largest absolute Gasteiger partial charge is 0.378 e. The first kappa shape index (κ1) is 20.2. The zero-order chi connectivity index (χ0) is 20.8. The van der Waals surface area contributed by atoms with Gasteiger partial charge in [-0.3, -0.25) is 4.79 Å². The van der Waals surface area contributed by atoms with Crippen molar-refractivity contribution in [2.24, 2.45) is 0 Å². The first-order valence-electron chi connectivity index (χ1n) is 9.88. The van der Waals surface area contributed by atoms with Crippen LogP contribution in [0.4, 0.5) is 22.9 Å². The highest BCUT2D eigenvalue weighted by Crippen LogP contribution is 2.22. The number of amides is 1. The highest BCUT2D eigenvalue weighted by molar-refractivity contribution is 7.08. The maximum Gasteiger partial charge on any atom is 0.269 e. The van der Waals surface area contributed by atoms with Crippen LogP contribution in [0.5, 0.6) is 0 Å². The number of nitrogens with one attached hydrogen (secondary N) is 2. The lowest BCUT2D eigenvalue weighted by molar-refractivity contribution is 0.102. The number of aryl methyl sites for hydroxylation is 1. The number of hydrogen-bond donors (Lipinski definition) is 2. The highest BCUT2D eigenvalue weighted by Gasteiger charge is 2.16. The van der Waals surface area contributed by atoms with E-state index in [1.807, 2.05) is 37.3 Å². The van der Waals surface area contributed by atoms with E-state index in [1.165, 1.54) is 0 Å². The Morgan fingerprint density at radius 2 is 1.93 bits per heavy atom. The van der Waals surface area contributed by atoms with Gasteiger partial charge < -0.3 is 20.3 Å². The van der Waals surface area contributed by atoms with Crippen molar-refractivity contribution in [1.29, 1.82) is 0 Å². The van der Waals surface area contributed by atoms with Crippen LogP contribution in [-0.4, -0.2) is 52.0 Å². The number of ether oxygens (including phenoxy) is 1. The Balaban J connectivity index is 1.39. The molecule has 3 aromatic rings. The summed E-state index contributed by atoms with van der Waals surface area (Å²) in [6, 6.07) is 9.42. The fraction of sp³-hybridized carbons (Fsp3) is 0.350. The summed E-state index contributed by atoms with van der Waals surface area (Å²) in [5, 5.41) is 18.5. The summed E-state index contributed by atoms with van der Waals surface area (Å²) < 4.78 is 9.30. The third kappa shape index (κ3) is 4.89. The van der Waals surface area contributed by atoms with Gasteiger partial charge in [-0.1, -0.05) is 17.8 Å². The van der Waals surface area contributed by atoms with Crippen molar-refractivity contribution in [2.75, 3.05) is 41.8 Å². The number of carbonyl (C=O) groups is 1. The van der Waals surface area contributed by atoms with Crippen LogP contribution in [0.25, 0.3) is 0 Å². The molecule has 1 saturated heterocycles. The monoisotopic (exact) mass is 425 g/mol. The SMILES string of the molecule is CCCc1nnsc1C(=O)Nc1ccc(Nc2cc(N3CCOCC3)cnn2)cc1. The molecule has 2 N–H and O–H groups in total. The number of hydrogen-bond acceptors (Lipinski definition) is 9. The fourth-order valence-electron chi connectivity index (χ4n) is 3.17. The van der Waals surface area contributed by atoms with Gasteiger partial charge in [-0.2, -0.15) is 5.10 Å². The molecule has 0 unspecified atom stereocenters. The van der Waals surface area contributed by atoms with Gasteiger partial charge in [0.25, 0.3) is 5.91 Å². The van der Waals surface area contributed by atoms with Crippen molar-refractivity contribution < 1.29 is 9.53 Å². The molecule has 0 spiro atoms. The summed E-state index contributed by atoms with van der Waals surface area (Å²) in [7, 11) is 0. The third-order valence-corrected chi connectivity index (χ3v) is 5.45. The minimum atomic E-state index is -0.182. The van der Waals surface area contributed by atoms with Crippen molar-refractivity contribution in [3.8, 4) is 0 Å². The average molecular weight is 426 g/mol. The zero-order valence-electron chi connectivity index (χ0n) is 16.7. The topological polar surface area (TPSA) is 105 Å². The van der Waals surface area contributed by atoms with Gasteiger partial charge in [0.15, 0.2) is 5.82 Å². The maximum absolute atomic E-state index is 12.5. The van der Waals surface area contributed by atoms with E-state index < -0.39 is 0 Å². The molecule has 1 aliphatic rings. The van der Waals surface area contributed by atoms with Gasteiger partial charge >= 0.3 is 0 Å². The number of anilines is 4. The molecule has 1 fully saturated rings. The molecule has 0 radical (unpaired) electrons. The average Bonchev–Trinajstić information content (AvgIpc) is 3.25. The third-order valence-electron chi connectivity index (χ3n) is 4.68. The molecule has 0 atom stereocenters. The molecule has 30 heavy (non-hydrogen) atoms. The second kappa shape index (κ2) is 9.59. The number of aromatic nitrogens is 4. The van der Waals surface area contributed by atoms with E-state index in [4.69, 9.17) is 4.74 Å². The Labute approximate surface area is 178 Å². The number of nitrogens with zero attached hydrogens (tertiary/aromatic N) is 5. The summed E-state index contributed by atoms with van der Waals surface area (Å²) in [5.74, 6) is 0.481. The predicted octanol–water partition coefficient (Wildman–Crippen LogP) is 3.11. The van der Waals surface area contributed by atoms with Crippen molar-refractivity contribution in [3.05, 3.63) is 47.1 Å². The van der Waals surface area contributed by atoms with Crippen LogP contribution < -0.4 is 15.5 Å². The van der Waals surface area contributed by atoms with E-state index in [2.05, 4.69) is 35.3 Å². The van der Waals surface area contributed by atoms with E-state index >= 15 is 0 Å². The Bertz CT molecular complexity index is 987. The van der Waals surface area contributed by atoms with Gasteiger partial charge in [-0.15, -0.1) is 10.2 Å².